The van der Waals surface area contributed by atoms with E-state index in [9.17, 15) is 0 Å². The monoisotopic (exact) mass is 234 g/mol. The van der Waals surface area contributed by atoms with E-state index in [0.29, 0.717) is 12.6 Å². The molecule has 0 atom stereocenters. The maximum atomic E-state index is 5.59. The van der Waals surface area contributed by atoms with Crippen molar-refractivity contribution in [2.75, 3.05) is 12.3 Å². The fourth-order valence-corrected chi connectivity index (χ4v) is 1.23. The number of unbranched alkanes of at least 4 members (excludes halogenated alkanes) is 1. The second kappa shape index (κ2) is 5.24. The minimum absolute atomic E-state index is 0.134. The zero-order valence-electron chi connectivity index (χ0n) is 9.58. The molecule has 0 unspecified atom stereocenters. The molecule has 0 bridgehead atoms. The number of nitrogens with two attached hydrogens (primary N) is 1. The Morgan fingerprint density at radius 3 is 2.94 bits per heavy atom. The number of rotatable bonds is 5. The Morgan fingerprint density at radius 2 is 2.24 bits per heavy atom. The molecule has 0 amide bonds. The van der Waals surface area contributed by atoms with E-state index in [-0.39, 0.29) is 12.0 Å². The van der Waals surface area contributed by atoms with Crippen LogP contribution in [0.4, 0.5) is 5.95 Å². The number of imidazole rings is 1. The van der Waals surface area contributed by atoms with Gasteiger partial charge in [0.25, 0.3) is 0 Å². The first kappa shape index (κ1) is 11.3. The van der Waals surface area contributed by atoms with Crippen molar-refractivity contribution < 1.29 is 4.74 Å². The summed E-state index contributed by atoms with van der Waals surface area (Å²) in [4.78, 5) is 16.0. The predicted octanol–water partition coefficient (Wildman–Crippen LogP) is 0.818. The lowest BCUT2D eigenvalue weighted by atomic mass is 10.4. The van der Waals surface area contributed by atoms with Gasteiger partial charge in [0.05, 0.1) is 6.61 Å². The quantitative estimate of drug-likeness (QED) is 0.770. The Hall–Kier alpha value is -2.18. The highest BCUT2D eigenvalue weighted by molar-refractivity contribution is 5.24. The van der Waals surface area contributed by atoms with Gasteiger partial charge in [0, 0.05) is 12.4 Å². The first-order valence-corrected chi connectivity index (χ1v) is 5.42. The van der Waals surface area contributed by atoms with Crippen molar-refractivity contribution >= 4 is 5.95 Å². The zero-order chi connectivity index (χ0) is 12.1. The number of nitrogen functional groups attached to an aromatic ring is 1. The molecule has 2 rings (SSSR count). The van der Waals surface area contributed by atoms with Gasteiger partial charge in [-0.3, -0.25) is 4.57 Å². The summed E-state index contributed by atoms with van der Waals surface area (Å²) in [6, 6.07) is 0.245. The fourth-order valence-electron chi connectivity index (χ4n) is 1.23. The Kier molecular flexibility index (Phi) is 3.49. The molecule has 0 aliphatic rings. The molecule has 0 radical (unpaired) electrons. The molecule has 0 saturated carbocycles. The molecule has 7 heteroatoms. The van der Waals surface area contributed by atoms with Crippen molar-refractivity contribution in [1.82, 2.24) is 24.5 Å². The summed E-state index contributed by atoms with van der Waals surface area (Å²) < 4.78 is 7.03. The second-order valence-electron chi connectivity index (χ2n) is 3.45. The van der Waals surface area contributed by atoms with Crippen LogP contribution in [0.15, 0.2) is 18.7 Å². The first-order chi connectivity index (χ1) is 8.29. The summed E-state index contributed by atoms with van der Waals surface area (Å²) >= 11 is 0. The third-order valence-corrected chi connectivity index (χ3v) is 2.08. The van der Waals surface area contributed by atoms with Crippen LogP contribution in [0, 0.1) is 0 Å². The van der Waals surface area contributed by atoms with E-state index in [1.807, 2.05) is 0 Å². The van der Waals surface area contributed by atoms with Crippen molar-refractivity contribution in [2.24, 2.45) is 0 Å². The number of hydrogen-bond acceptors (Lipinski definition) is 6. The molecule has 2 aromatic heterocycles. The van der Waals surface area contributed by atoms with Crippen LogP contribution in [-0.4, -0.2) is 31.1 Å². The lowest BCUT2D eigenvalue weighted by molar-refractivity contribution is 0.284. The van der Waals surface area contributed by atoms with Crippen LogP contribution in [0.3, 0.4) is 0 Å². The van der Waals surface area contributed by atoms with Gasteiger partial charge in [0.2, 0.25) is 11.9 Å². The average molecular weight is 234 g/mol. The van der Waals surface area contributed by atoms with Crippen LogP contribution < -0.4 is 10.5 Å². The van der Waals surface area contributed by atoms with E-state index < -0.39 is 0 Å². The molecule has 0 aliphatic carbocycles. The molecular weight excluding hydrogens is 220 g/mol. The number of hydrogen-bond donors (Lipinski definition) is 1. The fraction of sp³-hybridized carbons (Fsp3) is 0.400. The summed E-state index contributed by atoms with van der Waals surface area (Å²) in [6.45, 7) is 2.66. The number of aromatic nitrogens is 5. The summed E-state index contributed by atoms with van der Waals surface area (Å²) in [5, 5.41) is 0. The molecule has 0 saturated heterocycles. The van der Waals surface area contributed by atoms with Gasteiger partial charge in [0.15, 0.2) is 0 Å². The minimum Gasteiger partial charge on any atom is -0.463 e. The van der Waals surface area contributed by atoms with E-state index in [4.69, 9.17) is 10.5 Å². The van der Waals surface area contributed by atoms with Gasteiger partial charge in [-0.2, -0.15) is 15.0 Å². The lowest BCUT2D eigenvalue weighted by Gasteiger charge is -2.06. The Bertz CT molecular complexity index is 470. The zero-order valence-corrected chi connectivity index (χ0v) is 9.58. The van der Waals surface area contributed by atoms with Gasteiger partial charge in [0.1, 0.15) is 6.33 Å². The second-order valence-corrected chi connectivity index (χ2v) is 3.45. The molecule has 0 aromatic carbocycles. The molecule has 7 nitrogen and oxygen atoms in total. The molecule has 2 N–H and O–H groups in total. The summed E-state index contributed by atoms with van der Waals surface area (Å²) in [5.41, 5.74) is 5.59. The topological polar surface area (TPSA) is 91.7 Å². The number of anilines is 1. The van der Waals surface area contributed by atoms with E-state index in [1.165, 1.54) is 0 Å². The third kappa shape index (κ3) is 2.90. The van der Waals surface area contributed by atoms with Gasteiger partial charge in [-0.15, -0.1) is 0 Å². The molecule has 0 aliphatic heterocycles. The highest BCUT2D eigenvalue weighted by Crippen LogP contribution is 2.09. The summed E-state index contributed by atoms with van der Waals surface area (Å²) in [6.07, 6.45) is 6.95. The summed E-state index contributed by atoms with van der Waals surface area (Å²) in [5.74, 6) is 0.539. The normalized spacial score (nSPS) is 10.4. The standard InChI is InChI=1S/C10H14N6O/c1-2-3-6-17-10-14-8(11)13-9(15-10)16-5-4-12-7-16/h4-5,7H,2-3,6H2,1H3,(H2,11,13,14,15). The summed E-state index contributed by atoms with van der Waals surface area (Å²) in [7, 11) is 0. The third-order valence-electron chi connectivity index (χ3n) is 2.08. The van der Waals surface area contributed by atoms with Crippen LogP contribution in [0.2, 0.25) is 0 Å². The minimum atomic E-state index is 0.134. The average Bonchev–Trinajstić information content (AvgIpc) is 2.82. The molecule has 0 spiro atoms. The first-order valence-electron chi connectivity index (χ1n) is 5.42. The Morgan fingerprint density at radius 1 is 1.35 bits per heavy atom. The smallest absolute Gasteiger partial charge is 0.323 e. The molecule has 2 aromatic rings. The van der Waals surface area contributed by atoms with Crippen molar-refractivity contribution in [1.29, 1.82) is 0 Å². The van der Waals surface area contributed by atoms with Crippen molar-refractivity contribution in [3.8, 4) is 12.0 Å². The molecule has 2 heterocycles. The lowest BCUT2D eigenvalue weighted by Crippen LogP contribution is -2.08. The Labute approximate surface area is 98.7 Å². The molecule has 0 fully saturated rings. The largest absolute Gasteiger partial charge is 0.463 e. The van der Waals surface area contributed by atoms with Crippen molar-refractivity contribution in [3.63, 3.8) is 0 Å². The maximum Gasteiger partial charge on any atom is 0.323 e. The van der Waals surface area contributed by atoms with Crippen LogP contribution in [0.5, 0.6) is 6.01 Å². The van der Waals surface area contributed by atoms with Crippen LogP contribution in [0.25, 0.3) is 5.95 Å². The van der Waals surface area contributed by atoms with E-state index in [2.05, 4.69) is 26.9 Å². The Balaban J connectivity index is 2.18. The van der Waals surface area contributed by atoms with E-state index in [0.717, 1.165) is 12.8 Å². The molecule has 17 heavy (non-hydrogen) atoms. The van der Waals surface area contributed by atoms with Gasteiger partial charge < -0.3 is 10.5 Å². The van der Waals surface area contributed by atoms with Gasteiger partial charge in [-0.05, 0) is 6.42 Å². The van der Waals surface area contributed by atoms with Crippen LogP contribution >= 0.6 is 0 Å². The van der Waals surface area contributed by atoms with Gasteiger partial charge >= 0.3 is 6.01 Å². The van der Waals surface area contributed by atoms with E-state index >= 15 is 0 Å². The number of ether oxygens (including phenoxy) is 1. The van der Waals surface area contributed by atoms with Gasteiger partial charge in [-0.1, -0.05) is 13.3 Å². The van der Waals surface area contributed by atoms with E-state index in [1.54, 1.807) is 23.3 Å². The van der Waals surface area contributed by atoms with Crippen molar-refractivity contribution in [3.05, 3.63) is 18.7 Å². The van der Waals surface area contributed by atoms with Crippen LogP contribution in [0.1, 0.15) is 19.8 Å². The predicted molar refractivity (Wildman–Crippen MR) is 61.8 cm³/mol. The number of nitrogens with zero attached hydrogens (tertiary/aromatic N) is 5. The van der Waals surface area contributed by atoms with Crippen LogP contribution in [-0.2, 0) is 0 Å². The maximum absolute atomic E-state index is 5.59. The van der Waals surface area contributed by atoms with Gasteiger partial charge in [-0.25, -0.2) is 4.98 Å². The SMILES string of the molecule is CCCCOc1nc(N)nc(-n2ccnc2)n1. The van der Waals surface area contributed by atoms with Crippen molar-refractivity contribution in [2.45, 2.75) is 19.8 Å². The molecular formula is C10H14N6O. The highest BCUT2D eigenvalue weighted by Gasteiger charge is 2.06. The highest BCUT2D eigenvalue weighted by atomic mass is 16.5. The molecule has 90 valence electrons.